The first-order chi connectivity index (χ1) is 9.58. The van der Waals surface area contributed by atoms with Gasteiger partial charge in [0.05, 0.1) is 16.6 Å². The SMILES string of the molecule is CC(C)n1nc(-c2cc(Cl)ccn2)c2c(N)nccc21. The van der Waals surface area contributed by atoms with Crippen LogP contribution in [0.3, 0.4) is 0 Å². The first-order valence-corrected chi connectivity index (χ1v) is 6.70. The molecule has 0 saturated heterocycles. The molecule has 0 atom stereocenters. The number of hydrogen-bond donors (Lipinski definition) is 1. The van der Waals surface area contributed by atoms with Crippen LogP contribution in [0.1, 0.15) is 19.9 Å². The molecule has 0 aliphatic rings. The summed E-state index contributed by atoms with van der Waals surface area (Å²) in [7, 11) is 0. The summed E-state index contributed by atoms with van der Waals surface area (Å²) in [6.07, 6.45) is 3.35. The first-order valence-electron chi connectivity index (χ1n) is 6.32. The second kappa shape index (κ2) is 4.76. The van der Waals surface area contributed by atoms with Crippen LogP contribution >= 0.6 is 11.6 Å². The maximum Gasteiger partial charge on any atom is 0.135 e. The molecule has 20 heavy (non-hydrogen) atoms. The van der Waals surface area contributed by atoms with Gasteiger partial charge < -0.3 is 5.73 Å². The van der Waals surface area contributed by atoms with E-state index in [0.717, 1.165) is 10.9 Å². The van der Waals surface area contributed by atoms with Crippen LogP contribution in [0.5, 0.6) is 0 Å². The number of fused-ring (bicyclic) bond motifs is 1. The van der Waals surface area contributed by atoms with Gasteiger partial charge in [0.15, 0.2) is 0 Å². The summed E-state index contributed by atoms with van der Waals surface area (Å²) < 4.78 is 1.92. The van der Waals surface area contributed by atoms with Crippen LogP contribution in [0, 0.1) is 0 Å². The molecular formula is C14H14ClN5. The lowest BCUT2D eigenvalue weighted by atomic mass is 10.2. The van der Waals surface area contributed by atoms with Gasteiger partial charge >= 0.3 is 0 Å². The van der Waals surface area contributed by atoms with Crippen molar-refractivity contribution >= 4 is 28.3 Å². The average molecular weight is 288 g/mol. The summed E-state index contributed by atoms with van der Waals surface area (Å²) in [6.45, 7) is 4.14. The van der Waals surface area contributed by atoms with E-state index in [4.69, 9.17) is 17.3 Å². The fraction of sp³-hybridized carbons (Fsp3) is 0.214. The average Bonchev–Trinajstić information content (AvgIpc) is 2.80. The summed E-state index contributed by atoms with van der Waals surface area (Å²) in [5.41, 5.74) is 8.38. The summed E-state index contributed by atoms with van der Waals surface area (Å²) in [5.74, 6) is 0.450. The molecule has 0 bridgehead atoms. The van der Waals surface area contributed by atoms with Crippen LogP contribution in [0.4, 0.5) is 5.82 Å². The number of pyridine rings is 2. The maximum absolute atomic E-state index is 6.03. The van der Waals surface area contributed by atoms with Gasteiger partial charge in [-0.1, -0.05) is 11.6 Å². The largest absolute Gasteiger partial charge is 0.383 e. The molecule has 3 rings (SSSR count). The molecule has 6 heteroatoms. The van der Waals surface area contributed by atoms with E-state index >= 15 is 0 Å². The fourth-order valence-electron chi connectivity index (χ4n) is 2.22. The van der Waals surface area contributed by atoms with Gasteiger partial charge in [-0.25, -0.2) is 4.98 Å². The smallest absolute Gasteiger partial charge is 0.135 e. The zero-order valence-electron chi connectivity index (χ0n) is 11.2. The summed E-state index contributed by atoms with van der Waals surface area (Å²) in [5, 5.41) is 6.07. The molecule has 0 aromatic carbocycles. The number of nitrogens with zero attached hydrogens (tertiary/aromatic N) is 4. The Morgan fingerprint density at radius 2 is 1.95 bits per heavy atom. The van der Waals surface area contributed by atoms with Crippen LogP contribution < -0.4 is 5.73 Å². The van der Waals surface area contributed by atoms with Crippen molar-refractivity contribution in [2.75, 3.05) is 5.73 Å². The number of nitrogens with two attached hydrogens (primary N) is 1. The molecule has 0 amide bonds. The highest BCUT2D eigenvalue weighted by Gasteiger charge is 2.17. The molecule has 0 radical (unpaired) electrons. The van der Waals surface area contributed by atoms with Gasteiger partial charge in [0.1, 0.15) is 11.5 Å². The van der Waals surface area contributed by atoms with Gasteiger partial charge in [-0.05, 0) is 32.0 Å². The fourth-order valence-corrected chi connectivity index (χ4v) is 2.38. The minimum absolute atomic E-state index is 0.215. The van der Waals surface area contributed by atoms with Gasteiger partial charge in [0.2, 0.25) is 0 Å². The van der Waals surface area contributed by atoms with Crippen LogP contribution in [0.2, 0.25) is 5.02 Å². The quantitative estimate of drug-likeness (QED) is 0.785. The van der Waals surface area contributed by atoms with Crippen molar-refractivity contribution < 1.29 is 0 Å². The lowest BCUT2D eigenvalue weighted by Gasteiger charge is -2.06. The second-order valence-electron chi connectivity index (χ2n) is 4.84. The van der Waals surface area contributed by atoms with Crippen LogP contribution in [-0.2, 0) is 0 Å². The zero-order valence-corrected chi connectivity index (χ0v) is 12.0. The van der Waals surface area contributed by atoms with Crippen LogP contribution in [0.15, 0.2) is 30.6 Å². The molecule has 5 nitrogen and oxygen atoms in total. The Kier molecular flexibility index (Phi) is 3.06. The molecule has 0 aliphatic carbocycles. The van der Waals surface area contributed by atoms with E-state index in [-0.39, 0.29) is 6.04 Å². The lowest BCUT2D eigenvalue weighted by Crippen LogP contribution is -2.02. The highest BCUT2D eigenvalue weighted by Crippen LogP contribution is 2.32. The number of rotatable bonds is 2. The van der Waals surface area contributed by atoms with Gasteiger partial charge in [-0.15, -0.1) is 0 Å². The van der Waals surface area contributed by atoms with E-state index < -0.39 is 0 Å². The Balaban J connectivity index is 2.36. The number of halogens is 1. The highest BCUT2D eigenvalue weighted by molar-refractivity contribution is 6.30. The van der Waals surface area contributed by atoms with E-state index in [2.05, 4.69) is 28.9 Å². The van der Waals surface area contributed by atoms with Crippen molar-refractivity contribution in [2.24, 2.45) is 0 Å². The minimum atomic E-state index is 0.215. The van der Waals surface area contributed by atoms with Crippen molar-refractivity contribution in [3.8, 4) is 11.4 Å². The van der Waals surface area contributed by atoms with Crippen molar-refractivity contribution in [2.45, 2.75) is 19.9 Å². The van der Waals surface area contributed by atoms with Crippen molar-refractivity contribution in [1.29, 1.82) is 0 Å². The van der Waals surface area contributed by atoms with E-state index in [0.29, 0.717) is 22.2 Å². The van der Waals surface area contributed by atoms with Crippen molar-refractivity contribution in [1.82, 2.24) is 19.7 Å². The number of anilines is 1. The molecule has 2 N–H and O–H groups in total. The third kappa shape index (κ3) is 2.00. The third-order valence-corrected chi connectivity index (χ3v) is 3.34. The Bertz CT molecular complexity index is 778. The van der Waals surface area contributed by atoms with Gasteiger partial charge in [-0.3, -0.25) is 9.67 Å². The maximum atomic E-state index is 6.03. The number of aromatic nitrogens is 4. The predicted octanol–water partition coefficient (Wildman–Crippen LogP) is 3.31. The van der Waals surface area contributed by atoms with Crippen molar-refractivity contribution in [3.05, 3.63) is 35.6 Å². The Labute approximate surface area is 121 Å². The summed E-state index contributed by atoms with van der Waals surface area (Å²) >= 11 is 6.03. The Hall–Kier alpha value is -2.14. The molecule has 3 heterocycles. The summed E-state index contributed by atoms with van der Waals surface area (Å²) in [6, 6.07) is 5.63. The molecule has 3 aromatic rings. The zero-order chi connectivity index (χ0) is 14.3. The predicted molar refractivity (Wildman–Crippen MR) is 80.6 cm³/mol. The number of hydrogen-bond acceptors (Lipinski definition) is 4. The van der Waals surface area contributed by atoms with E-state index in [9.17, 15) is 0 Å². The topological polar surface area (TPSA) is 69.6 Å². The molecular weight excluding hydrogens is 274 g/mol. The summed E-state index contributed by atoms with van der Waals surface area (Å²) in [4.78, 5) is 8.48. The normalized spacial score (nSPS) is 11.4. The van der Waals surface area contributed by atoms with Gasteiger partial charge in [-0.2, -0.15) is 5.10 Å². The van der Waals surface area contributed by atoms with Gasteiger partial charge in [0, 0.05) is 23.5 Å². The standard InChI is InChI=1S/C14H14ClN5/c1-8(2)20-11-4-6-18-14(16)12(11)13(19-20)10-7-9(15)3-5-17-10/h3-8H,1-2H3,(H2,16,18). The lowest BCUT2D eigenvalue weighted by molar-refractivity contribution is 0.552. The minimum Gasteiger partial charge on any atom is -0.383 e. The van der Waals surface area contributed by atoms with E-state index in [1.54, 1.807) is 24.5 Å². The molecule has 102 valence electrons. The third-order valence-electron chi connectivity index (χ3n) is 3.10. The van der Waals surface area contributed by atoms with Crippen LogP contribution in [0.25, 0.3) is 22.3 Å². The Morgan fingerprint density at radius 1 is 1.20 bits per heavy atom. The number of nitrogen functional groups attached to an aromatic ring is 1. The van der Waals surface area contributed by atoms with E-state index in [1.807, 2.05) is 10.7 Å². The Morgan fingerprint density at radius 3 is 2.65 bits per heavy atom. The molecule has 3 aromatic heterocycles. The molecule has 0 spiro atoms. The first kappa shape index (κ1) is 12.9. The highest BCUT2D eigenvalue weighted by atomic mass is 35.5. The van der Waals surface area contributed by atoms with Crippen LogP contribution in [-0.4, -0.2) is 19.7 Å². The van der Waals surface area contributed by atoms with E-state index in [1.165, 1.54) is 0 Å². The molecule has 0 aliphatic heterocycles. The van der Waals surface area contributed by atoms with Gasteiger partial charge in [0.25, 0.3) is 0 Å². The molecule has 0 unspecified atom stereocenters. The monoisotopic (exact) mass is 287 g/mol. The second-order valence-corrected chi connectivity index (χ2v) is 5.27. The molecule has 0 saturated carbocycles. The molecule has 0 fully saturated rings. The van der Waals surface area contributed by atoms with Crippen molar-refractivity contribution in [3.63, 3.8) is 0 Å².